The van der Waals surface area contributed by atoms with Crippen LogP contribution in [0, 0.1) is 58.8 Å². The highest BCUT2D eigenvalue weighted by molar-refractivity contribution is 5.78. The molecule has 0 spiro atoms. The monoisotopic (exact) mass is 371 g/mol. The maximum Gasteiger partial charge on any atom is 0.310 e. The molecule has 0 radical (unpaired) electrons. The van der Waals surface area contributed by atoms with E-state index in [9.17, 15) is 22.4 Å². The molecule has 0 unspecified atom stereocenters. The van der Waals surface area contributed by atoms with Gasteiger partial charge in [0.1, 0.15) is 12.7 Å². The number of nitriles is 1. The first kappa shape index (κ1) is 19.8. The van der Waals surface area contributed by atoms with Gasteiger partial charge in [0.05, 0.1) is 18.6 Å². The third-order valence-electron chi connectivity index (χ3n) is 4.76. The lowest BCUT2D eigenvalue weighted by Gasteiger charge is -2.10. The minimum Gasteiger partial charge on any atom is -0.487 e. The summed E-state index contributed by atoms with van der Waals surface area (Å²) in [6, 6.07) is 1.82. The lowest BCUT2D eigenvalue weighted by atomic mass is 10.1. The van der Waals surface area contributed by atoms with Crippen molar-refractivity contribution in [1.82, 2.24) is 0 Å². The summed E-state index contributed by atoms with van der Waals surface area (Å²) in [5, 5.41) is 8.87. The molecule has 1 aliphatic carbocycles. The van der Waals surface area contributed by atoms with Gasteiger partial charge >= 0.3 is 5.97 Å². The van der Waals surface area contributed by atoms with Crippen LogP contribution in [0.5, 0.6) is 0 Å². The van der Waals surface area contributed by atoms with Crippen LogP contribution in [0.25, 0.3) is 0 Å². The van der Waals surface area contributed by atoms with Crippen molar-refractivity contribution in [2.75, 3.05) is 7.11 Å². The number of carbonyl (C=O) groups excluding carboxylic acids is 1. The molecule has 1 fully saturated rings. The van der Waals surface area contributed by atoms with Crippen molar-refractivity contribution < 1.29 is 31.8 Å². The zero-order valence-corrected chi connectivity index (χ0v) is 14.6. The van der Waals surface area contributed by atoms with Crippen molar-refractivity contribution in [2.45, 2.75) is 27.4 Å². The molecule has 1 aliphatic rings. The fourth-order valence-corrected chi connectivity index (χ4v) is 2.90. The second-order valence-electron chi connectivity index (χ2n) is 6.64. The van der Waals surface area contributed by atoms with Gasteiger partial charge in [0, 0.05) is 11.5 Å². The van der Waals surface area contributed by atoms with Crippen LogP contribution < -0.4 is 0 Å². The molecular weight excluding hydrogens is 354 g/mol. The number of benzene rings is 1. The van der Waals surface area contributed by atoms with Crippen LogP contribution in [0.15, 0.2) is 11.8 Å². The smallest absolute Gasteiger partial charge is 0.310 e. The Hall–Kier alpha value is -2.56. The molecule has 26 heavy (non-hydrogen) atoms. The normalized spacial score (nSPS) is 21.1. The zero-order chi connectivity index (χ0) is 19.8. The van der Waals surface area contributed by atoms with Crippen molar-refractivity contribution in [1.29, 1.82) is 5.26 Å². The van der Waals surface area contributed by atoms with E-state index in [0.717, 1.165) is 6.92 Å². The summed E-state index contributed by atoms with van der Waals surface area (Å²) in [5.74, 6) is -8.04. The Morgan fingerprint density at radius 2 is 1.73 bits per heavy atom. The van der Waals surface area contributed by atoms with E-state index in [4.69, 9.17) is 14.7 Å². The fourth-order valence-electron chi connectivity index (χ4n) is 2.90. The Labute approximate surface area is 148 Å². The number of rotatable bonds is 5. The molecule has 0 amide bonds. The summed E-state index contributed by atoms with van der Waals surface area (Å²) >= 11 is 0. The Morgan fingerprint density at radius 1 is 1.19 bits per heavy atom. The molecule has 1 saturated carbocycles. The predicted octanol–water partition coefficient (Wildman–Crippen LogP) is 3.92. The predicted molar refractivity (Wildman–Crippen MR) is 82.3 cm³/mol. The van der Waals surface area contributed by atoms with Crippen LogP contribution >= 0.6 is 0 Å². The number of methoxy groups -OCH3 is 1. The van der Waals surface area contributed by atoms with Crippen LogP contribution in [-0.4, -0.2) is 13.1 Å². The van der Waals surface area contributed by atoms with Gasteiger partial charge in [-0.2, -0.15) is 5.26 Å². The van der Waals surface area contributed by atoms with E-state index in [1.807, 2.05) is 6.07 Å². The lowest BCUT2D eigenvalue weighted by molar-refractivity contribution is -0.147. The molecule has 0 aromatic heterocycles. The van der Waals surface area contributed by atoms with Crippen LogP contribution in [0.3, 0.4) is 0 Å². The summed E-state index contributed by atoms with van der Waals surface area (Å²) < 4.78 is 64.5. The van der Waals surface area contributed by atoms with Crippen molar-refractivity contribution in [3.8, 4) is 6.07 Å². The minimum atomic E-state index is -1.59. The van der Waals surface area contributed by atoms with E-state index < -0.39 is 58.3 Å². The quantitative estimate of drug-likeness (QED) is 0.259. The first-order valence-electron chi connectivity index (χ1n) is 7.71. The highest BCUT2D eigenvalue weighted by atomic mass is 19.2. The standard InChI is InChI=1S/C18H17F4NO3/c1-8-13(19)15(21)10(16(22)14(8)20)7-26-17(24)12-11(18(12,2)3)5-9(6-23)25-4/h5,11-12H,7H2,1-4H3/b9-5+/t11-,12+/m1/s1. The van der Waals surface area contributed by atoms with Crippen molar-refractivity contribution >= 4 is 5.97 Å². The van der Waals surface area contributed by atoms with Gasteiger partial charge in [-0.15, -0.1) is 0 Å². The molecule has 8 heteroatoms. The van der Waals surface area contributed by atoms with E-state index >= 15 is 0 Å². The third-order valence-corrected chi connectivity index (χ3v) is 4.76. The van der Waals surface area contributed by atoms with Gasteiger partial charge < -0.3 is 9.47 Å². The van der Waals surface area contributed by atoms with E-state index in [-0.39, 0.29) is 11.7 Å². The molecule has 0 bridgehead atoms. The molecule has 0 aliphatic heterocycles. The lowest BCUT2D eigenvalue weighted by Crippen LogP contribution is -2.14. The molecule has 0 heterocycles. The topological polar surface area (TPSA) is 59.3 Å². The van der Waals surface area contributed by atoms with Gasteiger partial charge in [-0.05, 0) is 18.4 Å². The summed E-state index contributed by atoms with van der Waals surface area (Å²) in [5.41, 5.74) is -2.33. The Morgan fingerprint density at radius 3 is 2.19 bits per heavy atom. The number of ether oxygens (including phenoxy) is 2. The minimum absolute atomic E-state index is 0.0261. The molecule has 4 nitrogen and oxygen atoms in total. The van der Waals surface area contributed by atoms with Gasteiger partial charge in [0.2, 0.25) is 0 Å². The largest absolute Gasteiger partial charge is 0.487 e. The Bertz CT molecular complexity index is 798. The maximum atomic E-state index is 13.8. The van der Waals surface area contributed by atoms with Crippen molar-refractivity contribution in [3.05, 3.63) is 46.2 Å². The number of halogens is 4. The van der Waals surface area contributed by atoms with Gasteiger partial charge in [-0.3, -0.25) is 4.79 Å². The average Bonchev–Trinajstić information content (AvgIpc) is 3.15. The Balaban J connectivity index is 2.16. The second-order valence-corrected chi connectivity index (χ2v) is 6.64. The maximum absolute atomic E-state index is 13.8. The molecule has 1 aromatic rings. The fraction of sp³-hybridized carbons (Fsp3) is 0.444. The van der Waals surface area contributed by atoms with E-state index in [0.29, 0.717) is 0 Å². The van der Waals surface area contributed by atoms with E-state index in [2.05, 4.69) is 0 Å². The van der Waals surface area contributed by atoms with Gasteiger partial charge in [-0.25, -0.2) is 17.6 Å². The average molecular weight is 371 g/mol. The van der Waals surface area contributed by atoms with Crippen molar-refractivity contribution in [2.24, 2.45) is 17.3 Å². The second kappa shape index (κ2) is 6.98. The van der Waals surface area contributed by atoms with Gasteiger partial charge in [0.25, 0.3) is 0 Å². The molecule has 1 aromatic carbocycles. The number of hydrogen-bond donors (Lipinski definition) is 0. The molecule has 2 atom stereocenters. The summed E-state index contributed by atoms with van der Waals surface area (Å²) in [6.07, 6.45) is 1.47. The van der Waals surface area contributed by atoms with Crippen LogP contribution in [0.2, 0.25) is 0 Å². The SMILES string of the molecule is CO/C(C#N)=C/[C@@H]1[C@@H](C(=O)OCc2c(F)c(F)c(C)c(F)c2F)C1(C)C. The number of hydrogen-bond acceptors (Lipinski definition) is 4. The highest BCUT2D eigenvalue weighted by Gasteiger charge is 2.62. The van der Waals surface area contributed by atoms with Crippen molar-refractivity contribution in [3.63, 3.8) is 0 Å². The van der Waals surface area contributed by atoms with Crippen LogP contribution in [-0.2, 0) is 20.9 Å². The molecule has 0 N–H and O–H groups in total. The zero-order valence-electron chi connectivity index (χ0n) is 14.6. The Kier molecular flexibility index (Phi) is 5.31. The summed E-state index contributed by atoms with van der Waals surface area (Å²) in [7, 11) is 1.31. The van der Waals surface area contributed by atoms with Crippen LogP contribution in [0.4, 0.5) is 17.6 Å². The van der Waals surface area contributed by atoms with Gasteiger partial charge in [0.15, 0.2) is 29.0 Å². The van der Waals surface area contributed by atoms with Crippen LogP contribution in [0.1, 0.15) is 25.0 Å². The number of allylic oxidation sites excluding steroid dienone is 2. The number of esters is 1. The summed E-state index contributed by atoms with van der Waals surface area (Å²) in [6.45, 7) is 3.45. The van der Waals surface area contributed by atoms with E-state index in [1.54, 1.807) is 13.8 Å². The summed E-state index contributed by atoms with van der Waals surface area (Å²) in [4.78, 5) is 12.2. The molecule has 2 rings (SSSR count). The number of nitrogens with zero attached hydrogens (tertiary/aromatic N) is 1. The number of carbonyl (C=O) groups is 1. The van der Waals surface area contributed by atoms with Gasteiger partial charge in [-0.1, -0.05) is 13.8 Å². The molecule has 140 valence electrons. The molecule has 0 saturated heterocycles. The highest BCUT2D eigenvalue weighted by Crippen LogP contribution is 2.59. The molecular formula is C18H17F4NO3. The van der Waals surface area contributed by atoms with E-state index in [1.165, 1.54) is 13.2 Å². The first-order valence-corrected chi connectivity index (χ1v) is 7.71. The third kappa shape index (κ3) is 3.26. The first-order chi connectivity index (χ1) is 12.1.